The van der Waals surface area contributed by atoms with Crippen LogP contribution < -0.4 is 0 Å². The van der Waals surface area contributed by atoms with Gasteiger partial charge in [0.1, 0.15) is 0 Å². The van der Waals surface area contributed by atoms with Crippen molar-refractivity contribution in [3.8, 4) is 0 Å². The van der Waals surface area contributed by atoms with Crippen LogP contribution >= 0.6 is 11.6 Å². The summed E-state index contributed by atoms with van der Waals surface area (Å²) >= 11 is 5.78. The van der Waals surface area contributed by atoms with E-state index in [-0.39, 0.29) is 6.10 Å². The van der Waals surface area contributed by atoms with Crippen LogP contribution in [-0.4, -0.2) is 11.2 Å². The smallest absolute Gasteiger partial charge is 0.0617 e. The van der Waals surface area contributed by atoms with Crippen molar-refractivity contribution in [1.82, 2.24) is 0 Å². The van der Waals surface area contributed by atoms with Gasteiger partial charge in [-0.05, 0) is 37.0 Å². The molecule has 0 fully saturated rings. The maximum atomic E-state index is 9.78. The molecule has 0 bridgehead atoms. The fourth-order valence-corrected chi connectivity index (χ4v) is 1.57. The van der Waals surface area contributed by atoms with Crippen molar-refractivity contribution in [2.45, 2.75) is 32.3 Å². The van der Waals surface area contributed by atoms with Gasteiger partial charge in [0.25, 0.3) is 0 Å². The topological polar surface area (TPSA) is 20.2 Å². The van der Waals surface area contributed by atoms with Crippen LogP contribution in [0.1, 0.15) is 25.3 Å². The van der Waals surface area contributed by atoms with Crippen LogP contribution in [0.15, 0.2) is 36.4 Å². The normalized spacial score (nSPS) is 12.5. The number of benzene rings is 1. The first-order chi connectivity index (χ1) is 7.11. The third kappa shape index (κ3) is 4.50. The first-order valence-corrected chi connectivity index (χ1v) is 5.58. The standard InChI is InChI=1S/C13H17ClO/c1-3-10(2)8-13(15)9-11-4-6-12(14)7-5-11/h4-7,13,15H,2-3,8-9H2,1H3. The van der Waals surface area contributed by atoms with Crippen molar-refractivity contribution < 1.29 is 5.11 Å². The lowest BCUT2D eigenvalue weighted by molar-refractivity contribution is 0.174. The number of hydrogen-bond donors (Lipinski definition) is 1. The van der Waals surface area contributed by atoms with Crippen molar-refractivity contribution in [3.05, 3.63) is 47.0 Å². The summed E-state index contributed by atoms with van der Waals surface area (Å²) in [4.78, 5) is 0. The van der Waals surface area contributed by atoms with Crippen LogP contribution in [0.3, 0.4) is 0 Å². The van der Waals surface area contributed by atoms with Crippen molar-refractivity contribution in [2.75, 3.05) is 0 Å². The van der Waals surface area contributed by atoms with E-state index in [2.05, 4.69) is 13.5 Å². The Morgan fingerprint density at radius 2 is 2.00 bits per heavy atom. The second kappa shape index (κ2) is 5.94. The third-order valence-electron chi connectivity index (χ3n) is 2.41. The van der Waals surface area contributed by atoms with Gasteiger partial charge >= 0.3 is 0 Å². The zero-order valence-corrected chi connectivity index (χ0v) is 9.80. The summed E-state index contributed by atoms with van der Waals surface area (Å²) in [5.74, 6) is 0. The summed E-state index contributed by atoms with van der Waals surface area (Å²) in [6, 6.07) is 7.58. The second-order valence-corrected chi connectivity index (χ2v) is 4.23. The van der Waals surface area contributed by atoms with Gasteiger partial charge in [-0.2, -0.15) is 0 Å². The lowest BCUT2D eigenvalue weighted by Gasteiger charge is -2.11. The van der Waals surface area contributed by atoms with Gasteiger partial charge in [-0.25, -0.2) is 0 Å². The summed E-state index contributed by atoms with van der Waals surface area (Å²) in [6.07, 6.45) is 1.94. The molecule has 1 rings (SSSR count). The first kappa shape index (κ1) is 12.3. The minimum atomic E-state index is -0.335. The highest BCUT2D eigenvalue weighted by Gasteiger charge is 2.06. The van der Waals surface area contributed by atoms with Gasteiger partial charge in [0.2, 0.25) is 0 Å². The van der Waals surface area contributed by atoms with E-state index in [0.29, 0.717) is 12.8 Å². The van der Waals surface area contributed by atoms with Gasteiger partial charge in [-0.1, -0.05) is 42.8 Å². The molecule has 0 heterocycles. The molecule has 82 valence electrons. The molecule has 0 saturated heterocycles. The summed E-state index contributed by atoms with van der Waals surface area (Å²) in [6.45, 7) is 5.94. The third-order valence-corrected chi connectivity index (χ3v) is 2.66. The van der Waals surface area contributed by atoms with E-state index in [1.165, 1.54) is 0 Å². The quantitative estimate of drug-likeness (QED) is 0.758. The van der Waals surface area contributed by atoms with Gasteiger partial charge in [-0.15, -0.1) is 0 Å². The van der Waals surface area contributed by atoms with Gasteiger partial charge in [0.15, 0.2) is 0 Å². The van der Waals surface area contributed by atoms with Gasteiger partial charge < -0.3 is 5.11 Å². The van der Waals surface area contributed by atoms with Crippen LogP contribution in [0.5, 0.6) is 0 Å². The van der Waals surface area contributed by atoms with Crippen LogP contribution in [0.25, 0.3) is 0 Å². The molecule has 1 atom stereocenters. The molecule has 0 spiro atoms. The highest BCUT2D eigenvalue weighted by atomic mass is 35.5. The minimum Gasteiger partial charge on any atom is -0.392 e. The lowest BCUT2D eigenvalue weighted by atomic mass is 10.0. The van der Waals surface area contributed by atoms with Gasteiger partial charge in [-0.3, -0.25) is 0 Å². The Morgan fingerprint density at radius 3 is 2.53 bits per heavy atom. The highest BCUT2D eigenvalue weighted by Crippen LogP contribution is 2.14. The Hall–Kier alpha value is -0.790. The Bertz CT molecular complexity index is 316. The van der Waals surface area contributed by atoms with Crippen molar-refractivity contribution in [2.24, 2.45) is 0 Å². The predicted molar refractivity (Wildman–Crippen MR) is 65.2 cm³/mol. The molecule has 0 aliphatic rings. The number of rotatable bonds is 5. The Kier molecular flexibility index (Phi) is 4.86. The molecule has 1 nitrogen and oxygen atoms in total. The average Bonchev–Trinajstić information content (AvgIpc) is 2.21. The highest BCUT2D eigenvalue weighted by molar-refractivity contribution is 6.30. The van der Waals surface area contributed by atoms with E-state index < -0.39 is 0 Å². The molecule has 0 aromatic heterocycles. The van der Waals surface area contributed by atoms with E-state index in [4.69, 9.17) is 11.6 Å². The largest absolute Gasteiger partial charge is 0.392 e. The fourth-order valence-electron chi connectivity index (χ4n) is 1.44. The average molecular weight is 225 g/mol. The maximum Gasteiger partial charge on any atom is 0.0617 e. The van der Waals surface area contributed by atoms with E-state index in [0.717, 1.165) is 22.6 Å². The van der Waals surface area contributed by atoms with E-state index >= 15 is 0 Å². The summed E-state index contributed by atoms with van der Waals surface area (Å²) in [5, 5.41) is 10.5. The number of aliphatic hydroxyl groups is 1. The zero-order chi connectivity index (χ0) is 11.3. The Labute approximate surface area is 96.4 Å². The molecule has 0 amide bonds. The summed E-state index contributed by atoms with van der Waals surface area (Å²) < 4.78 is 0. The lowest BCUT2D eigenvalue weighted by Crippen LogP contribution is -2.10. The Balaban J connectivity index is 2.47. The number of hydrogen-bond acceptors (Lipinski definition) is 1. The molecule has 0 saturated carbocycles. The number of halogens is 1. The van der Waals surface area contributed by atoms with E-state index in [1.807, 2.05) is 24.3 Å². The van der Waals surface area contributed by atoms with E-state index in [9.17, 15) is 5.11 Å². The molecule has 1 unspecified atom stereocenters. The van der Waals surface area contributed by atoms with Crippen LogP contribution in [0.4, 0.5) is 0 Å². The first-order valence-electron chi connectivity index (χ1n) is 5.21. The van der Waals surface area contributed by atoms with Crippen molar-refractivity contribution >= 4 is 11.6 Å². The van der Waals surface area contributed by atoms with Crippen molar-refractivity contribution in [1.29, 1.82) is 0 Å². The molecule has 2 heteroatoms. The number of aliphatic hydroxyl groups excluding tert-OH is 1. The van der Waals surface area contributed by atoms with Crippen LogP contribution in [-0.2, 0) is 6.42 Å². The molecule has 0 aliphatic carbocycles. The minimum absolute atomic E-state index is 0.335. The molecule has 1 N–H and O–H groups in total. The predicted octanol–water partition coefficient (Wildman–Crippen LogP) is 3.60. The van der Waals surface area contributed by atoms with Gasteiger partial charge in [0, 0.05) is 5.02 Å². The molecule has 1 aromatic carbocycles. The molecule has 15 heavy (non-hydrogen) atoms. The molecule has 0 aliphatic heterocycles. The SMILES string of the molecule is C=C(CC)CC(O)Cc1ccc(Cl)cc1. The molecule has 0 radical (unpaired) electrons. The molecular formula is C13H17ClO. The summed E-state index contributed by atoms with van der Waals surface area (Å²) in [5.41, 5.74) is 2.20. The summed E-state index contributed by atoms with van der Waals surface area (Å²) in [7, 11) is 0. The van der Waals surface area contributed by atoms with E-state index in [1.54, 1.807) is 0 Å². The van der Waals surface area contributed by atoms with Gasteiger partial charge in [0.05, 0.1) is 6.10 Å². The van der Waals surface area contributed by atoms with Crippen LogP contribution in [0, 0.1) is 0 Å². The second-order valence-electron chi connectivity index (χ2n) is 3.79. The zero-order valence-electron chi connectivity index (χ0n) is 9.04. The van der Waals surface area contributed by atoms with Crippen LogP contribution in [0.2, 0.25) is 5.02 Å². The monoisotopic (exact) mass is 224 g/mol. The molecule has 1 aromatic rings. The van der Waals surface area contributed by atoms with Crippen molar-refractivity contribution in [3.63, 3.8) is 0 Å². The fraction of sp³-hybridized carbons (Fsp3) is 0.385. The maximum absolute atomic E-state index is 9.78. The molecular weight excluding hydrogens is 208 g/mol. The Morgan fingerprint density at radius 1 is 1.40 bits per heavy atom.